The topological polar surface area (TPSA) is 76.4 Å². The van der Waals surface area contributed by atoms with Crippen LogP contribution in [0.4, 0.5) is 0 Å². The van der Waals surface area contributed by atoms with Gasteiger partial charge in [-0.15, -0.1) is 0 Å². The van der Waals surface area contributed by atoms with Crippen LogP contribution in [0.3, 0.4) is 0 Å². The van der Waals surface area contributed by atoms with Crippen molar-refractivity contribution in [2.24, 2.45) is 5.73 Å². The van der Waals surface area contributed by atoms with Crippen molar-refractivity contribution < 1.29 is 5.11 Å². The normalized spacial score (nSPS) is 13.3. The molecule has 5 heteroatoms. The zero-order valence-corrected chi connectivity index (χ0v) is 7.67. The van der Waals surface area contributed by atoms with Crippen LogP contribution in [0, 0.1) is 0 Å². The summed E-state index contributed by atoms with van der Waals surface area (Å²) in [6.07, 6.45) is 5.27. The highest BCUT2D eigenvalue weighted by Crippen LogP contribution is 2.03. The molecular weight excluding hydrogens is 180 g/mol. The molecule has 0 fully saturated rings. The van der Waals surface area contributed by atoms with E-state index in [1.54, 1.807) is 16.9 Å². The number of aliphatic hydroxyl groups is 1. The monoisotopic (exact) mass is 192 g/mol. The van der Waals surface area contributed by atoms with E-state index in [9.17, 15) is 5.11 Å². The summed E-state index contributed by atoms with van der Waals surface area (Å²) in [5.41, 5.74) is 7.05. The minimum absolute atomic E-state index is 0.261. The molecule has 0 saturated carbocycles. The Morgan fingerprint density at radius 3 is 3.21 bits per heavy atom. The molecule has 0 aliphatic rings. The van der Waals surface area contributed by atoms with Gasteiger partial charge in [0.1, 0.15) is 0 Å². The summed E-state index contributed by atoms with van der Waals surface area (Å²) < 4.78 is 1.68. The minimum atomic E-state index is -0.509. The van der Waals surface area contributed by atoms with Gasteiger partial charge in [-0.25, -0.2) is 9.50 Å². The summed E-state index contributed by atoms with van der Waals surface area (Å²) in [5, 5.41) is 13.4. The van der Waals surface area contributed by atoms with Gasteiger partial charge in [-0.05, 0) is 5.56 Å². The summed E-state index contributed by atoms with van der Waals surface area (Å²) in [6.45, 7) is 0.261. The quantitative estimate of drug-likeness (QED) is 0.693. The van der Waals surface area contributed by atoms with Gasteiger partial charge >= 0.3 is 0 Å². The summed E-state index contributed by atoms with van der Waals surface area (Å²) in [7, 11) is 0. The summed E-state index contributed by atoms with van der Waals surface area (Å²) in [6, 6.07) is 1.82. The molecule has 3 N–H and O–H groups in total. The molecule has 0 radical (unpaired) electrons. The lowest BCUT2D eigenvalue weighted by molar-refractivity contribution is 0.183. The van der Waals surface area contributed by atoms with Gasteiger partial charge in [-0.3, -0.25) is 0 Å². The first-order valence-electron chi connectivity index (χ1n) is 4.46. The number of fused-ring (bicyclic) bond motifs is 1. The average molecular weight is 192 g/mol. The molecule has 0 bridgehead atoms. The maximum atomic E-state index is 9.35. The van der Waals surface area contributed by atoms with Crippen LogP contribution in [0.1, 0.15) is 5.56 Å². The number of aromatic nitrogens is 3. The van der Waals surface area contributed by atoms with E-state index in [1.165, 1.54) is 0 Å². The van der Waals surface area contributed by atoms with Crippen LogP contribution in [0.5, 0.6) is 0 Å². The second-order valence-electron chi connectivity index (χ2n) is 3.19. The van der Waals surface area contributed by atoms with Crippen molar-refractivity contribution in [2.75, 3.05) is 6.54 Å². The van der Waals surface area contributed by atoms with E-state index in [1.807, 2.05) is 12.3 Å². The third-order valence-corrected chi connectivity index (χ3v) is 2.04. The fraction of sp³-hybridized carbons (Fsp3) is 0.333. The van der Waals surface area contributed by atoms with E-state index in [-0.39, 0.29) is 6.54 Å². The smallest absolute Gasteiger partial charge is 0.154 e. The van der Waals surface area contributed by atoms with Crippen LogP contribution in [-0.2, 0) is 6.42 Å². The Kier molecular flexibility index (Phi) is 2.43. The lowest BCUT2D eigenvalue weighted by Crippen LogP contribution is -2.22. The maximum absolute atomic E-state index is 9.35. The fourth-order valence-corrected chi connectivity index (χ4v) is 1.31. The van der Waals surface area contributed by atoms with Crippen molar-refractivity contribution in [1.82, 2.24) is 14.6 Å². The molecule has 74 valence electrons. The van der Waals surface area contributed by atoms with Crippen LogP contribution in [-0.4, -0.2) is 32.4 Å². The predicted octanol–water partition coefficient (Wildman–Crippen LogP) is -0.409. The number of aliphatic hydroxyl groups excluding tert-OH is 1. The largest absolute Gasteiger partial charge is 0.391 e. The molecule has 2 aromatic heterocycles. The Balaban J connectivity index is 2.25. The lowest BCUT2D eigenvalue weighted by Gasteiger charge is -2.06. The number of hydrogen-bond acceptors (Lipinski definition) is 4. The third kappa shape index (κ3) is 1.73. The zero-order valence-electron chi connectivity index (χ0n) is 7.67. The molecule has 1 atom stereocenters. The van der Waals surface area contributed by atoms with Crippen molar-refractivity contribution in [3.63, 3.8) is 0 Å². The number of rotatable bonds is 3. The van der Waals surface area contributed by atoms with E-state index < -0.39 is 6.10 Å². The van der Waals surface area contributed by atoms with Crippen molar-refractivity contribution in [3.8, 4) is 0 Å². The summed E-state index contributed by atoms with van der Waals surface area (Å²) >= 11 is 0. The molecule has 2 heterocycles. The molecule has 5 nitrogen and oxygen atoms in total. The first-order valence-corrected chi connectivity index (χ1v) is 4.46. The Hall–Kier alpha value is -1.46. The van der Waals surface area contributed by atoms with Crippen LogP contribution in [0.15, 0.2) is 24.7 Å². The number of nitrogens with zero attached hydrogens (tertiary/aromatic N) is 3. The number of hydrogen-bond donors (Lipinski definition) is 2. The molecule has 2 rings (SSSR count). The Morgan fingerprint density at radius 2 is 2.43 bits per heavy atom. The standard InChI is InChI=1S/C9H12N4O/c10-4-8(14)3-7-5-11-9-1-2-12-13(9)6-7/h1-2,5-6,8,14H,3-4,10H2. The first kappa shape index (κ1) is 9.11. The van der Waals surface area contributed by atoms with Crippen LogP contribution < -0.4 is 5.73 Å². The van der Waals surface area contributed by atoms with Crippen molar-refractivity contribution in [3.05, 3.63) is 30.2 Å². The second kappa shape index (κ2) is 3.73. The van der Waals surface area contributed by atoms with Crippen LogP contribution >= 0.6 is 0 Å². The molecule has 0 aromatic carbocycles. The van der Waals surface area contributed by atoms with Crippen LogP contribution in [0.2, 0.25) is 0 Å². The average Bonchev–Trinajstić information content (AvgIpc) is 2.64. The highest BCUT2D eigenvalue weighted by Gasteiger charge is 2.04. The van der Waals surface area contributed by atoms with E-state index >= 15 is 0 Å². The summed E-state index contributed by atoms with van der Waals surface area (Å²) in [5.74, 6) is 0. The van der Waals surface area contributed by atoms with Crippen LogP contribution in [0.25, 0.3) is 5.65 Å². The number of nitrogens with two attached hydrogens (primary N) is 1. The molecule has 0 amide bonds. The third-order valence-electron chi connectivity index (χ3n) is 2.04. The maximum Gasteiger partial charge on any atom is 0.154 e. The van der Waals surface area contributed by atoms with Gasteiger partial charge in [-0.1, -0.05) is 0 Å². The summed E-state index contributed by atoms with van der Waals surface area (Å²) in [4.78, 5) is 4.18. The highest BCUT2D eigenvalue weighted by molar-refractivity contribution is 5.35. The molecule has 0 aliphatic heterocycles. The van der Waals surface area contributed by atoms with Crippen molar-refractivity contribution >= 4 is 5.65 Å². The van der Waals surface area contributed by atoms with Gasteiger partial charge in [-0.2, -0.15) is 5.10 Å². The van der Waals surface area contributed by atoms with Gasteiger partial charge in [0.25, 0.3) is 0 Å². The molecule has 0 saturated heterocycles. The van der Waals surface area contributed by atoms with Gasteiger partial charge < -0.3 is 10.8 Å². The second-order valence-corrected chi connectivity index (χ2v) is 3.19. The fourth-order valence-electron chi connectivity index (χ4n) is 1.31. The minimum Gasteiger partial charge on any atom is -0.391 e. The zero-order chi connectivity index (χ0) is 9.97. The Morgan fingerprint density at radius 1 is 1.57 bits per heavy atom. The molecule has 0 spiro atoms. The van der Waals surface area contributed by atoms with Gasteiger partial charge in [0, 0.05) is 31.4 Å². The van der Waals surface area contributed by atoms with Crippen molar-refractivity contribution in [2.45, 2.75) is 12.5 Å². The molecule has 14 heavy (non-hydrogen) atoms. The molecule has 2 aromatic rings. The Labute approximate surface area is 81.2 Å². The molecule has 1 unspecified atom stereocenters. The van der Waals surface area contributed by atoms with E-state index in [0.29, 0.717) is 6.42 Å². The highest BCUT2D eigenvalue weighted by atomic mass is 16.3. The van der Waals surface area contributed by atoms with E-state index in [0.717, 1.165) is 11.2 Å². The van der Waals surface area contributed by atoms with Gasteiger partial charge in [0.15, 0.2) is 5.65 Å². The van der Waals surface area contributed by atoms with E-state index in [2.05, 4.69) is 10.1 Å². The van der Waals surface area contributed by atoms with Crippen molar-refractivity contribution in [1.29, 1.82) is 0 Å². The Bertz CT molecular complexity index is 425. The van der Waals surface area contributed by atoms with Gasteiger partial charge in [0.05, 0.1) is 12.3 Å². The SMILES string of the molecule is NCC(O)Cc1cnc2ccnn2c1. The first-order chi connectivity index (χ1) is 6.79. The molecule has 0 aliphatic carbocycles. The van der Waals surface area contributed by atoms with E-state index in [4.69, 9.17) is 5.73 Å². The lowest BCUT2D eigenvalue weighted by atomic mass is 10.1. The predicted molar refractivity (Wildman–Crippen MR) is 51.8 cm³/mol. The van der Waals surface area contributed by atoms with Gasteiger partial charge in [0.2, 0.25) is 0 Å². The molecular formula is C9H12N4O.